The van der Waals surface area contributed by atoms with Crippen LogP contribution in [-0.2, 0) is 20.6 Å². The zero-order valence-electron chi connectivity index (χ0n) is 19.3. The van der Waals surface area contributed by atoms with Crippen LogP contribution in [0.15, 0.2) is 107 Å². The first kappa shape index (κ1) is 27.4. The van der Waals surface area contributed by atoms with E-state index in [1.807, 2.05) is 36.4 Å². The number of para-hydroxylation sites is 1. The summed E-state index contributed by atoms with van der Waals surface area (Å²) in [7, 11) is -4.08. The van der Waals surface area contributed by atoms with Gasteiger partial charge in [-0.15, -0.1) is 11.8 Å². The highest BCUT2D eigenvalue weighted by Crippen LogP contribution is 2.32. The van der Waals surface area contributed by atoms with Gasteiger partial charge in [-0.2, -0.15) is 0 Å². The van der Waals surface area contributed by atoms with E-state index in [2.05, 4.69) is 5.32 Å². The Morgan fingerprint density at radius 2 is 1.49 bits per heavy atom. The summed E-state index contributed by atoms with van der Waals surface area (Å²) in [5.41, 5.74) is 1.88. The lowest BCUT2D eigenvalue weighted by Gasteiger charge is -2.24. The second-order valence-electron chi connectivity index (χ2n) is 7.88. The molecule has 0 heterocycles. The Labute approximate surface area is 235 Å². The average Bonchev–Trinajstić information content (AvgIpc) is 2.90. The smallest absolute Gasteiger partial charge is 0.264 e. The Hall–Kier alpha value is -2.68. The monoisotopic (exact) mass is 590 g/mol. The minimum Gasteiger partial charge on any atom is -0.323 e. The summed E-state index contributed by atoms with van der Waals surface area (Å²) >= 11 is 19.7. The molecule has 0 unspecified atom stereocenters. The van der Waals surface area contributed by atoms with Gasteiger partial charge in [0.15, 0.2) is 0 Å². The van der Waals surface area contributed by atoms with Crippen LogP contribution in [0, 0.1) is 0 Å². The molecule has 10 heteroatoms. The molecule has 1 amide bonds. The standard InChI is InChI=1S/C27H21Cl3N2O3S2/c28-20-12-10-19(11-13-20)18-36-26-9-5-4-8-25(26)31-27(33)17-32(21-14-15-23(29)24(30)16-21)37(34,35)22-6-2-1-3-7-22/h1-16H,17-18H2,(H,31,33). The van der Waals surface area contributed by atoms with Crippen LogP contribution < -0.4 is 9.62 Å². The number of carbonyl (C=O) groups excluding carboxylic acids is 1. The number of nitrogens with one attached hydrogen (secondary N) is 1. The molecule has 4 aromatic carbocycles. The molecule has 0 saturated carbocycles. The summed E-state index contributed by atoms with van der Waals surface area (Å²) in [5.74, 6) is 0.159. The third-order valence-corrected chi connectivity index (χ3v) is 9.20. The largest absolute Gasteiger partial charge is 0.323 e. The fraction of sp³-hybridized carbons (Fsp3) is 0.0741. The number of hydrogen-bond acceptors (Lipinski definition) is 4. The maximum atomic E-state index is 13.5. The van der Waals surface area contributed by atoms with Gasteiger partial charge in [-0.3, -0.25) is 9.10 Å². The van der Waals surface area contributed by atoms with Gasteiger partial charge in [-0.05, 0) is 60.2 Å². The molecule has 0 radical (unpaired) electrons. The van der Waals surface area contributed by atoms with Crippen LogP contribution in [0.25, 0.3) is 0 Å². The number of hydrogen-bond donors (Lipinski definition) is 1. The molecule has 190 valence electrons. The lowest BCUT2D eigenvalue weighted by molar-refractivity contribution is -0.114. The van der Waals surface area contributed by atoms with Gasteiger partial charge in [-0.1, -0.05) is 77.3 Å². The summed E-state index contributed by atoms with van der Waals surface area (Å²) in [5, 5.41) is 3.98. The molecule has 0 aliphatic carbocycles. The lowest BCUT2D eigenvalue weighted by atomic mass is 10.2. The number of carbonyl (C=O) groups is 1. The molecule has 0 aromatic heterocycles. The number of sulfonamides is 1. The van der Waals surface area contributed by atoms with Gasteiger partial charge < -0.3 is 5.32 Å². The van der Waals surface area contributed by atoms with E-state index in [0.717, 1.165) is 14.8 Å². The zero-order chi connectivity index (χ0) is 26.4. The van der Waals surface area contributed by atoms with Crippen LogP contribution in [0.3, 0.4) is 0 Å². The van der Waals surface area contributed by atoms with Gasteiger partial charge in [0.05, 0.1) is 26.3 Å². The molecular formula is C27H21Cl3N2O3S2. The second kappa shape index (κ2) is 12.2. The molecule has 4 aromatic rings. The van der Waals surface area contributed by atoms with Crippen LogP contribution >= 0.6 is 46.6 Å². The van der Waals surface area contributed by atoms with Gasteiger partial charge in [0.25, 0.3) is 10.0 Å². The molecule has 0 fully saturated rings. The first-order valence-corrected chi connectivity index (χ1v) is 14.6. The second-order valence-corrected chi connectivity index (χ2v) is 12.0. The normalized spacial score (nSPS) is 11.2. The predicted octanol–water partition coefficient (Wildman–Crippen LogP) is 7.77. The maximum Gasteiger partial charge on any atom is 0.264 e. The van der Waals surface area contributed by atoms with E-state index >= 15 is 0 Å². The third kappa shape index (κ3) is 7.00. The summed E-state index contributed by atoms with van der Waals surface area (Å²) in [4.78, 5) is 14.1. The van der Waals surface area contributed by atoms with Crippen LogP contribution in [0.4, 0.5) is 11.4 Å². The fourth-order valence-electron chi connectivity index (χ4n) is 3.43. The molecule has 5 nitrogen and oxygen atoms in total. The fourth-order valence-corrected chi connectivity index (χ4v) is 6.25. The van der Waals surface area contributed by atoms with E-state index in [1.54, 1.807) is 42.1 Å². The van der Waals surface area contributed by atoms with Crippen molar-refractivity contribution in [1.29, 1.82) is 0 Å². The first-order chi connectivity index (χ1) is 17.7. The molecule has 4 rings (SSSR count). The number of thioether (sulfide) groups is 1. The van der Waals surface area contributed by atoms with Gasteiger partial charge in [0.2, 0.25) is 5.91 Å². The third-order valence-electron chi connectivity index (χ3n) is 5.28. The maximum absolute atomic E-state index is 13.5. The Morgan fingerprint density at radius 1 is 0.811 bits per heavy atom. The number of amides is 1. The Balaban J connectivity index is 1.57. The van der Waals surface area contributed by atoms with E-state index in [1.165, 1.54) is 30.3 Å². The zero-order valence-corrected chi connectivity index (χ0v) is 23.2. The van der Waals surface area contributed by atoms with Crippen molar-refractivity contribution in [2.45, 2.75) is 15.5 Å². The molecular weight excluding hydrogens is 571 g/mol. The predicted molar refractivity (Wildman–Crippen MR) is 154 cm³/mol. The van der Waals surface area contributed by atoms with E-state index in [0.29, 0.717) is 16.5 Å². The molecule has 1 N–H and O–H groups in total. The minimum absolute atomic E-state index is 0.0489. The highest BCUT2D eigenvalue weighted by Gasteiger charge is 2.28. The molecule has 0 aliphatic rings. The number of nitrogens with zero attached hydrogens (tertiary/aromatic N) is 1. The van der Waals surface area contributed by atoms with Gasteiger partial charge in [-0.25, -0.2) is 8.42 Å². The topological polar surface area (TPSA) is 66.5 Å². The average molecular weight is 592 g/mol. The SMILES string of the molecule is O=C(CN(c1ccc(Cl)c(Cl)c1)S(=O)(=O)c1ccccc1)Nc1ccccc1SCc1ccc(Cl)cc1. The van der Waals surface area contributed by atoms with Crippen molar-refractivity contribution in [1.82, 2.24) is 0 Å². The molecule has 0 spiro atoms. The molecule has 0 aliphatic heterocycles. The number of rotatable bonds is 9. The lowest BCUT2D eigenvalue weighted by Crippen LogP contribution is -2.38. The minimum atomic E-state index is -4.08. The van der Waals surface area contributed by atoms with E-state index in [4.69, 9.17) is 34.8 Å². The number of benzene rings is 4. The highest BCUT2D eigenvalue weighted by atomic mass is 35.5. The van der Waals surface area contributed by atoms with Crippen molar-refractivity contribution in [2.24, 2.45) is 0 Å². The summed E-state index contributed by atoms with van der Waals surface area (Å²) in [6.45, 7) is -0.467. The molecule has 0 bridgehead atoms. The van der Waals surface area contributed by atoms with Crippen LogP contribution in [0.1, 0.15) is 5.56 Å². The summed E-state index contributed by atoms with van der Waals surface area (Å²) < 4.78 is 28.1. The van der Waals surface area contributed by atoms with Crippen molar-refractivity contribution in [3.8, 4) is 0 Å². The first-order valence-electron chi connectivity index (χ1n) is 11.0. The quantitative estimate of drug-likeness (QED) is 0.202. The molecule has 37 heavy (non-hydrogen) atoms. The van der Waals surface area contributed by atoms with E-state index < -0.39 is 22.5 Å². The van der Waals surface area contributed by atoms with Crippen LogP contribution in [0.2, 0.25) is 15.1 Å². The Morgan fingerprint density at radius 3 is 2.19 bits per heavy atom. The van der Waals surface area contributed by atoms with E-state index in [-0.39, 0.29) is 20.6 Å². The van der Waals surface area contributed by atoms with E-state index in [9.17, 15) is 13.2 Å². The Kier molecular flexibility index (Phi) is 9.05. The van der Waals surface area contributed by atoms with Crippen LogP contribution in [0.5, 0.6) is 0 Å². The van der Waals surface area contributed by atoms with Crippen molar-refractivity contribution >= 4 is 73.9 Å². The highest BCUT2D eigenvalue weighted by molar-refractivity contribution is 7.98. The van der Waals surface area contributed by atoms with Gasteiger partial charge in [0.1, 0.15) is 6.54 Å². The van der Waals surface area contributed by atoms with Gasteiger partial charge >= 0.3 is 0 Å². The summed E-state index contributed by atoms with van der Waals surface area (Å²) in [6, 6.07) is 27.2. The van der Waals surface area contributed by atoms with Crippen molar-refractivity contribution < 1.29 is 13.2 Å². The summed E-state index contributed by atoms with van der Waals surface area (Å²) in [6.07, 6.45) is 0. The van der Waals surface area contributed by atoms with Crippen molar-refractivity contribution in [2.75, 3.05) is 16.2 Å². The Bertz CT molecular complexity index is 1500. The molecule has 0 atom stereocenters. The number of halogens is 3. The van der Waals surface area contributed by atoms with Crippen molar-refractivity contribution in [3.05, 3.63) is 118 Å². The number of anilines is 2. The van der Waals surface area contributed by atoms with Gasteiger partial charge in [0, 0.05) is 15.7 Å². The van der Waals surface area contributed by atoms with Crippen LogP contribution in [-0.4, -0.2) is 20.9 Å². The van der Waals surface area contributed by atoms with Crippen molar-refractivity contribution in [3.63, 3.8) is 0 Å². The molecule has 0 saturated heterocycles.